The Bertz CT molecular complexity index is 773. The molecule has 8 heteroatoms. The molecule has 0 spiro atoms. The van der Waals surface area contributed by atoms with Gasteiger partial charge in [-0.3, -0.25) is 0 Å². The van der Waals surface area contributed by atoms with Crippen molar-refractivity contribution in [3.8, 4) is 0 Å². The first-order valence-corrected chi connectivity index (χ1v) is 7.60. The molecule has 23 heavy (non-hydrogen) atoms. The van der Waals surface area contributed by atoms with Crippen molar-refractivity contribution in [1.82, 2.24) is 24.1 Å². The van der Waals surface area contributed by atoms with Crippen molar-refractivity contribution in [3.05, 3.63) is 30.9 Å². The van der Waals surface area contributed by atoms with Crippen LogP contribution < -0.4 is 10.2 Å². The highest BCUT2D eigenvalue weighted by Gasteiger charge is 2.17. The number of nitrogens with zero attached hydrogens (tertiary/aromatic N) is 6. The fourth-order valence-corrected chi connectivity index (χ4v) is 2.66. The summed E-state index contributed by atoms with van der Waals surface area (Å²) in [6.45, 7) is 2.05. The number of hydrogen-bond donors (Lipinski definition) is 2. The molecule has 1 aliphatic heterocycles. The molecule has 0 amide bonds. The van der Waals surface area contributed by atoms with E-state index in [1.165, 1.54) is 12.8 Å². The van der Waals surface area contributed by atoms with Crippen LogP contribution in [0.3, 0.4) is 0 Å². The lowest BCUT2D eigenvalue weighted by atomic mass is 10.4. The summed E-state index contributed by atoms with van der Waals surface area (Å²) in [7, 11) is 2.95. The largest absolute Gasteiger partial charge is 0.400 e. The van der Waals surface area contributed by atoms with E-state index in [-0.39, 0.29) is 0 Å². The third-order valence-corrected chi connectivity index (χ3v) is 3.72. The molecule has 1 aliphatic rings. The molecule has 2 N–H and O–H groups in total. The highest BCUT2D eigenvalue weighted by Crippen LogP contribution is 2.23. The SMILES string of the molecule is CO.Cn1cnc(Nc2nc(N3CCCC3)nn3cccc23)c1. The van der Waals surface area contributed by atoms with E-state index in [0.29, 0.717) is 0 Å². The molecule has 0 atom stereocenters. The van der Waals surface area contributed by atoms with Gasteiger partial charge in [0, 0.05) is 39.6 Å². The second-order valence-corrected chi connectivity index (χ2v) is 5.34. The molecule has 0 aromatic carbocycles. The van der Waals surface area contributed by atoms with Crippen LogP contribution in [0.25, 0.3) is 5.52 Å². The molecule has 0 unspecified atom stereocenters. The maximum atomic E-state index is 7.00. The van der Waals surface area contributed by atoms with Crippen LogP contribution in [0.5, 0.6) is 0 Å². The first-order chi connectivity index (χ1) is 11.3. The van der Waals surface area contributed by atoms with E-state index < -0.39 is 0 Å². The van der Waals surface area contributed by atoms with Crippen molar-refractivity contribution in [1.29, 1.82) is 0 Å². The predicted octanol–water partition coefficient (Wildman–Crippen LogP) is 1.42. The number of nitrogens with one attached hydrogen (secondary N) is 1. The minimum atomic E-state index is 0.773. The molecule has 1 fully saturated rings. The van der Waals surface area contributed by atoms with Gasteiger partial charge in [-0.25, -0.2) is 9.50 Å². The summed E-state index contributed by atoms with van der Waals surface area (Å²) in [6, 6.07) is 3.97. The Hall–Kier alpha value is -2.61. The minimum Gasteiger partial charge on any atom is -0.400 e. The Morgan fingerprint density at radius 1 is 1.22 bits per heavy atom. The number of aliphatic hydroxyl groups excluding tert-OH is 1. The van der Waals surface area contributed by atoms with Crippen LogP contribution >= 0.6 is 0 Å². The second-order valence-electron chi connectivity index (χ2n) is 5.34. The van der Waals surface area contributed by atoms with Gasteiger partial charge in [0.2, 0.25) is 5.95 Å². The van der Waals surface area contributed by atoms with E-state index in [2.05, 4.69) is 20.3 Å². The average molecular weight is 315 g/mol. The number of hydrogen-bond acceptors (Lipinski definition) is 6. The van der Waals surface area contributed by atoms with Crippen LogP contribution in [-0.4, -0.2) is 49.5 Å². The maximum Gasteiger partial charge on any atom is 0.245 e. The zero-order valence-corrected chi connectivity index (χ0v) is 13.3. The standard InChI is InChI=1S/C14H17N7.CH4O/c1-19-9-12(15-10-19)16-13-11-5-4-8-21(11)18-14(17-13)20-6-2-3-7-20;1-2/h4-5,8-10H,2-3,6-7H2,1H3,(H,16,17,18);2H,1H3. The highest BCUT2D eigenvalue weighted by molar-refractivity contribution is 5.72. The number of imidazole rings is 1. The van der Waals surface area contributed by atoms with Crippen LogP contribution in [0.15, 0.2) is 30.9 Å². The van der Waals surface area contributed by atoms with Gasteiger partial charge in [-0.05, 0) is 25.0 Å². The number of aryl methyl sites for hydroxylation is 1. The molecule has 0 saturated carbocycles. The van der Waals surface area contributed by atoms with Gasteiger partial charge >= 0.3 is 0 Å². The predicted molar refractivity (Wildman–Crippen MR) is 89.1 cm³/mol. The Labute approximate surface area is 134 Å². The molecule has 4 rings (SSSR count). The first-order valence-electron chi connectivity index (χ1n) is 7.60. The first kappa shape index (κ1) is 15.3. The van der Waals surface area contributed by atoms with Crippen LogP contribution in [0.1, 0.15) is 12.8 Å². The van der Waals surface area contributed by atoms with E-state index in [0.717, 1.165) is 43.3 Å². The molecule has 0 radical (unpaired) electrons. The summed E-state index contributed by atoms with van der Waals surface area (Å²) in [6.07, 6.45) is 8.05. The number of anilines is 3. The van der Waals surface area contributed by atoms with Gasteiger partial charge in [-0.2, -0.15) is 4.98 Å². The lowest BCUT2D eigenvalue weighted by Gasteiger charge is -2.16. The Kier molecular flexibility index (Phi) is 4.42. The zero-order chi connectivity index (χ0) is 16.2. The maximum absolute atomic E-state index is 7.00. The number of rotatable bonds is 3. The number of aromatic nitrogens is 5. The molecule has 3 aromatic rings. The topological polar surface area (TPSA) is 83.5 Å². The van der Waals surface area contributed by atoms with E-state index in [1.807, 2.05) is 40.7 Å². The van der Waals surface area contributed by atoms with Crippen molar-refractivity contribution in [2.45, 2.75) is 12.8 Å². The van der Waals surface area contributed by atoms with Crippen LogP contribution in [-0.2, 0) is 7.05 Å². The molecule has 8 nitrogen and oxygen atoms in total. The van der Waals surface area contributed by atoms with E-state index in [4.69, 9.17) is 10.1 Å². The van der Waals surface area contributed by atoms with Gasteiger partial charge in [0.15, 0.2) is 5.82 Å². The molecule has 3 aromatic heterocycles. The van der Waals surface area contributed by atoms with Crippen LogP contribution in [0, 0.1) is 0 Å². The van der Waals surface area contributed by atoms with Crippen molar-refractivity contribution in [2.24, 2.45) is 7.05 Å². The van der Waals surface area contributed by atoms with Gasteiger partial charge < -0.3 is 19.9 Å². The summed E-state index contributed by atoms with van der Waals surface area (Å²) < 4.78 is 3.77. The smallest absolute Gasteiger partial charge is 0.245 e. The Morgan fingerprint density at radius 2 is 2.00 bits per heavy atom. The fourth-order valence-electron chi connectivity index (χ4n) is 2.66. The summed E-state index contributed by atoms with van der Waals surface area (Å²) in [5.74, 6) is 2.34. The van der Waals surface area contributed by atoms with Gasteiger partial charge in [0.1, 0.15) is 11.3 Å². The Balaban J connectivity index is 0.000000753. The van der Waals surface area contributed by atoms with Gasteiger partial charge in [-0.1, -0.05) is 0 Å². The third-order valence-electron chi connectivity index (χ3n) is 3.72. The van der Waals surface area contributed by atoms with E-state index in [9.17, 15) is 0 Å². The average Bonchev–Trinajstić information content (AvgIpc) is 3.30. The number of fused-ring (bicyclic) bond motifs is 1. The molecular weight excluding hydrogens is 294 g/mol. The van der Waals surface area contributed by atoms with Crippen molar-refractivity contribution in [3.63, 3.8) is 0 Å². The van der Waals surface area contributed by atoms with Gasteiger partial charge in [0.05, 0.1) is 6.33 Å². The molecule has 122 valence electrons. The second kappa shape index (κ2) is 6.66. The zero-order valence-electron chi connectivity index (χ0n) is 13.3. The normalized spacial score (nSPS) is 14.0. The quantitative estimate of drug-likeness (QED) is 0.760. The summed E-state index contributed by atoms with van der Waals surface area (Å²) in [5.41, 5.74) is 0.948. The summed E-state index contributed by atoms with van der Waals surface area (Å²) >= 11 is 0. The third kappa shape index (κ3) is 3.11. The summed E-state index contributed by atoms with van der Waals surface area (Å²) in [5, 5.41) is 14.9. The van der Waals surface area contributed by atoms with Crippen molar-refractivity contribution < 1.29 is 5.11 Å². The Morgan fingerprint density at radius 3 is 2.70 bits per heavy atom. The van der Waals surface area contributed by atoms with Crippen LogP contribution in [0.2, 0.25) is 0 Å². The fraction of sp³-hybridized carbons (Fsp3) is 0.400. The molecular formula is C15H21N7O. The minimum absolute atomic E-state index is 0.773. The number of aliphatic hydroxyl groups is 1. The lowest BCUT2D eigenvalue weighted by Crippen LogP contribution is -2.22. The van der Waals surface area contributed by atoms with Crippen LogP contribution in [0.4, 0.5) is 17.6 Å². The lowest BCUT2D eigenvalue weighted by molar-refractivity contribution is 0.399. The van der Waals surface area contributed by atoms with Gasteiger partial charge in [-0.15, -0.1) is 5.10 Å². The van der Waals surface area contributed by atoms with E-state index in [1.54, 1.807) is 6.33 Å². The monoisotopic (exact) mass is 315 g/mol. The van der Waals surface area contributed by atoms with E-state index >= 15 is 0 Å². The molecule has 0 bridgehead atoms. The molecule has 0 aliphatic carbocycles. The molecule has 4 heterocycles. The summed E-state index contributed by atoms with van der Waals surface area (Å²) in [4.78, 5) is 11.2. The molecule has 1 saturated heterocycles. The highest BCUT2D eigenvalue weighted by atomic mass is 16.2. The van der Waals surface area contributed by atoms with Gasteiger partial charge in [0.25, 0.3) is 0 Å². The van der Waals surface area contributed by atoms with Crippen molar-refractivity contribution in [2.75, 3.05) is 30.4 Å². The van der Waals surface area contributed by atoms with Crippen molar-refractivity contribution >= 4 is 23.1 Å².